The molecular weight excluding hydrogens is 252 g/mol. The highest BCUT2D eigenvalue weighted by Gasteiger charge is 2.13. The quantitative estimate of drug-likeness (QED) is 0.266. The van der Waals surface area contributed by atoms with Crippen molar-refractivity contribution in [3.63, 3.8) is 0 Å². The van der Waals surface area contributed by atoms with Gasteiger partial charge in [0.2, 0.25) is 0 Å². The van der Waals surface area contributed by atoms with Crippen molar-refractivity contribution < 1.29 is 4.92 Å². The summed E-state index contributed by atoms with van der Waals surface area (Å²) >= 11 is 3.06. The van der Waals surface area contributed by atoms with Gasteiger partial charge in [-0.2, -0.15) is 0 Å². The van der Waals surface area contributed by atoms with Gasteiger partial charge in [0.15, 0.2) is 0 Å². The van der Waals surface area contributed by atoms with Crippen LogP contribution < -0.4 is 0 Å². The predicted molar refractivity (Wildman–Crippen MR) is 54.3 cm³/mol. The van der Waals surface area contributed by atoms with Gasteiger partial charge in [0.05, 0.1) is 9.40 Å². The number of nitrogens with zero attached hydrogens (tertiary/aromatic N) is 4. The Morgan fingerprint density at radius 1 is 1.64 bits per heavy atom. The maximum Gasteiger partial charge on any atom is 0.283 e. The molecule has 0 atom stereocenters. The molecule has 0 aromatic heterocycles. The summed E-state index contributed by atoms with van der Waals surface area (Å²) in [6.07, 6.45) is 0. The van der Waals surface area contributed by atoms with E-state index in [-0.39, 0.29) is 11.4 Å². The van der Waals surface area contributed by atoms with Crippen molar-refractivity contribution in [1.29, 1.82) is 0 Å². The molecule has 0 bridgehead atoms. The Balaban J connectivity index is 3.41. The minimum Gasteiger partial charge on any atom is -0.258 e. The minimum absolute atomic E-state index is 0.113. The molecule has 7 heteroatoms. The van der Waals surface area contributed by atoms with Crippen molar-refractivity contribution in [3.05, 3.63) is 42.7 Å². The Bertz CT molecular complexity index is 416. The topological polar surface area (TPSA) is 91.9 Å². The molecule has 0 N–H and O–H groups in total. The molecule has 0 spiro atoms. The van der Waals surface area contributed by atoms with Gasteiger partial charge >= 0.3 is 0 Å². The van der Waals surface area contributed by atoms with Gasteiger partial charge in [0, 0.05) is 16.7 Å². The number of nitro benzene ring substituents is 1. The van der Waals surface area contributed by atoms with Crippen LogP contribution in [0.4, 0.5) is 11.4 Å². The van der Waals surface area contributed by atoms with E-state index in [1.165, 1.54) is 6.07 Å². The highest BCUT2D eigenvalue weighted by Crippen LogP contribution is 2.32. The van der Waals surface area contributed by atoms with Gasteiger partial charge in [-0.15, -0.1) is 0 Å². The third-order valence-corrected chi connectivity index (χ3v) is 2.25. The molecule has 0 aliphatic heterocycles. The lowest BCUT2D eigenvalue weighted by molar-refractivity contribution is -0.385. The zero-order chi connectivity index (χ0) is 10.7. The maximum absolute atomic E-state index is 10.5. The Kier molecular flexibility index (Phi) is 3.06. The van der Waals surface area contributed by atoms with E-state index in [0.717, 1.165) is 0 Å². The van der Waals surface area contributed by atoms with Crippen molar-refractivity contribution in [2.45, 2.75) is 6.92 Å². The zero-order valence-electron chi connectivity index (χ0n) is 7.14. The molecule has 0 fully saturated rings. The van der Waals surface area contributed by atoms with Crippen LogP contribution in [0.2, 0.25) is 0 Å². The Labute approximate surface area is 87.5 Å². The van der Waals surface area contributed by atoms with Gasteiger partial charge in [-0.25, -0.2) is 0 Å². The van der Waals surface area contributed by atoms with E-state index in [1.54, 1.807) is 13.0 Å². The summed E-state index contributed by atoms with van der Waals surface area (Å²) in [5.74, 6) is 0. The van der Waals surface area contributed by atoms with Crippen LogP contribution >= 0.6 is 15.9 Å². The fraction of sp³-hybridized carbons (Fsp3) is 0.143. The highest BCUT2D eigenvalue weighted by molar-refractivity contribution is 9.10. The van der Waals surface area contributed by atoms with Gasteiger partial charge in [0.1, 0.15) is 0 Å². The second-order valence-corrected chi connectivity index (χ2v) is 3.39. The molecule has 6 nitrogen and oxygen atoms in total. The summed E-state index contributed by atoms with van der Waals surface area (Å²) in [7, 11) is 0. The molecule has 1 rings (SSSR count). The molecule has 0 amide bonds. The number of rotatable bonds is 2. The molecule has 0 aliphatic carbocycles. The standard InChI is InChI=1S/C7H5BrN4O2/c1-4-2-5(8)7(12(13)14)3-6(4)10-11-9/h2-3H,1H3. The fourth-order valence-electron chi connectivity index (χ4n) is 0.946. The van der Waals surface area contributed by atoms with Crippen molar-refractivity contribution in [2.75, 3.05) is 0 Å². The monoisotopic (exact) mass is 256 g/mol. The molecule has 1 aromatic rings. The molecule has 0 heterocycles. The van der Waals surface area contributed by atoms with E-state index in [1.807, 2.05) is 0 Å². The maximum atomic E-state index is 10.5. The predicted octanol–water partition coefficient (Wildman–Crippen LogP) is 3.61. The van der Waals surface area contributed by atoms with Crippen LogP contribution in [-0.4, -0.2) is 4.92 Å². The van der Waals surface area contributed by atoms with Crippen molar-refractivity contribution in [3.8, 4) is 0 Å². The van der Waals surface area contributed by atoms with E-state index < -0.39 is 4.92 Å². The first kappa shape index (κ1) is 10.5. The summed E-state index contributed by atoms with van der Waals surface area (Å²) < 4.78 is 0.372. The summed E-state index contributed by atoms with van der Waals surface area (Å²) in [5.41, 5.74) is 9.05. The summed E-state index contributed by atoms with van der Waals surface area (Å²) in [5, 5.41) is 13.9. The Hall–Kier alpha value is -1.59. The van der Waals surface area contributed by atoms with E-state index >= 15 is 0 Å². The number of aryl methyl sites for hydroxylation is 1. The normalized spacial score (nSPS) is 9.29. The fourth-order valence-corrected chi connectivity index (χ4v) is 1.55. The average Bonchev–Trinajstić information content (AvgIpc) is 2.09. The molecule has 1 aromatic carbocycles. The number of nitro groups is 1. The van der Waals surface area contributed by atoms with Crippen LogP contribution in [0.3, 0.4) is 0 Å². The average molecular weight is 257 g/mol. The van der Waals surface area contributed by atoms with Gasteiger partial charge in [-0.1, -0.05) is 5.11 Å². The lowest BCUT2D eigenvalue weighted by Crippen LogP contribution is -1.89. The molecular formula is C7H5BrN4O2. The highest BCUT2D eigenvalue weighted by atomic mass is 79.9. The molecule has 0 saturated heterocycles. The number of halogens is 1. The number of benzene rings is 1. The SMILES string of the molecule is Cc1cc(Br)c([N+](=O)[O-])cc1N=[N+]=[N-]. The van der Waals surface area contributed by atoms with E-state index in [4.69, 9.17) is 5.53 Å². The third-order valence-electron chi connectivity index (χ3n) is 1.61. The largest absolute Gasteiger partial charge is 0.283 e. The van der Waals surface area contributed by atoms with Crippen molar-refractivity contribution in [1.82, 2.24) is 0 Å². The minimum atomic E-state index is -0.542. The first-order valence-electron chi connectivity index (χ1n) is 3.56. The van der Waals surface area contributed by atoms with E-state index in [2.05, 4.69) is 26.0 Å². The van der Waals surface area contributed by atoms with Gasteiger partial charge in [-0.3, -0.25) is 10.1 Å². The second kappa shape index (κ2) is 4.08. The molecule has 0 saturated carbocycles. The molecule has 14 heavy (non-hydrogen) atoms. The van der Waals surface area contributed by atoms with E-state index in [0.29, 0.717) is 10.0 Å². The molecule has 0 radical (unpaired) electrons. The van der Waals surface area contributed by atoms with Crippen LogP contribution in [0, 0.1) is 17.0 Å². The first-order chi connectivity index (χ1) is 6.56. The van der Waals surface area contributed by atoms with Crippen LogP contribution in [-0.2, 0) is 0 Å². The van der Waals surface area contributed by atoms with Crippen LogP contribution in [0.25, 0.3) is 10.4 Å². The summed E-state index contributed by atoms with van der Waals surface area (Å²) in [6.45, 7) is 1.71. The first-order valence-corrected chi connectivity index (χ1v) is 4.35. The number of hydrogen-bond acceptors (Lipinski definition) is 3. The molecule has 0 aliphatic rings. The number of hydrogen-bond donors (Lipinski definition) is 0. The number of azide groups is 1. The van der Waals surface area contributed by atoms with Crippen LogP contribution in [0.15, 0.2) is 21.7 Å². The van der Waals surface area contributed by atoms with Crippen LogP contribution in [0.1, 0.15) is 5.56 Å². The van der Waals surface area contributed by atoms with Gasteiger partial charge < -0.3 is 0 Å². The van der Waals surface area contributed by atoms with E-state index in [9.17, 15) is 10.1 Å². The van der Waals surface area contributed by atoms with Crippen molar-refractivity contribution >= 4 is 27.3 Å². The van der Waals surface area contributed by atoms with Crippen LogP contribution in [0.5, 0.6) is 0 Å². The smallest absolute Gasteiger partial charge is 0.258 e. The summed E-state index contributed by atoms with van der Waals surface area (Å²) in [4.78, 5) is 12.6. The molecule has 72 valence electrons. The third kappa shape index (κ3) is 2.01. The molecule has 0 unspecified atom stereocenters. The van der Waals surface area contributed by atoms with Crippen molar-refractivity contribution in [2.24, 2.45) is 5.11 Å². The lowest BCUT2D eigenvalue weighted by atomic mass is 10.2. The summed E-state index contributed by atoms with van der Waals surface area (Å²) in [6, 6.07) is 2.78. The van der Waals surface area contributed by atoms with Gasteiger partial charge in [0.25, 0.3) is 5.69 Å². The zero-order valence-corrected chi connectivity index (χ0v) is 8.72. The van der Waals surface area contributed by atoms with Gasteiger partial charge in [-0.05, 0) is 40.0 Å². The Morgan fingerprint density at radius 3 is 2.79 bits per heavy atom. The second-order valence-electron chi connectivity index (χ2n) is 2.54. The lowest BCUT2D eigenvalue weighted by Gasteiger charge is -2.00. The Morgan fingerprint density at radius 2 is 2.29 bits per heavy atom.